The molecule has 1 aliphatic heterocycles. The molecule has 0 unspecified atom stereocenters. The summed E-state index contributed by atoms with van der Waals surface area (Å²) in [6, 6.07) is 10.3. The number of aliphatic hydroxyl groups excluding tert-OH is 1. The van der Waals surface area contributed by atoms with Crippen molar-refractivity contribution in [3.63, 3.8) is 0 Å². The second-order valence-electron chi connectivity index (χ2n) is 9.34. The molecular weight excluding hydrogens is 450 g/mol. The first-order valence-corrected chi connectivity index (χ1v) is 13.1. The molecule has 8 heteroatoms. The molecule has 2 heterocycles. The SMILES string of the molecule is CC(C)C#Cc1ccc2c(c1)O[C@@H](CN(C)Cc1ccccn1)[C@H](C)CN([C@@H](C)CO)S2(=O)=O. The highest BCUT2D eigenvalue weighted by molar-refractivity contribution is 7.89. The topological polar surface area (TPSA) is 83.0 Å². The number of aliphatic hydroxyl groups is 1. The fourth-order valence-corrected chi connectivity index (χ4v) is 5.71. The Labute approximate surface area is 203 Å². The summed E-state index contributed by atoms with van der Waals surface area (Å²) in [5.74, 6) is 6.60. The third-order valence-corrected chi connectivity index (χ3v) is 7.84. The average Bonchev–Trinajstić information content (AvgIpc) is 2.80. The zero-order chi connectivity index (χ0) is 24.9. The second kappa shape index (κ2) is 11.3. The fraction of sp³-hybridized carbons (Fsp3) is 0.500. The van der Waals surface area contributed by atoms with Crippen LogP contribution >= 0.6 is 0 Å². The minimum Gasteiger partial charge on any atom is -0.487 e. The van der Waals surface area contributed by atoms with Gasteiger partial charge in [-0.25, -0.2) is 8.42 Å². The Bertz CT molecular complexity index is 1130. The number of fused-ring (bicyclic) bond motifs is 1. The highest BCUT2D eigenvalue weighted by atomic mass is 32.2. The normalized spacial score (nSPS) is 21.1. The van der Waals surface area contributed by atoms with Gasteiger partial charge >= 0.3 is 0 Å². The molecule has 3 atom stereocenters. The van der Waals surface area contributed by atoms with E-state index in [0.29, 0.717) is 24.4 Å². The predicted octanol–water partition coefficient (Wildman–Crippen LogP) is 2.99. The van der Waals surface area contributed by atoms with E-state index in [9.17, 15) is 13.5 Å². The van der Waals surface area contributed by atoms with E-state index in [1.54, 1.807) is 31.3 Å². The van der Waals surface area contributed by atoms with Crippen LogP contribution in [0, 0.1) is 23.7 Å². The van der Waals surface area contributed by atoms with Crippen molar-refractivity contribution in [3.05, 3.63) is 53.9 Å². The van der Waals surface area contributed by atoms with Gasteiger partial charge in [0.25, 0.3) is 0 Å². The van der Waals surface area contributed by atoms with Crippen molar-refractivity contribution in [3.8, 4) is 17.6 Å². The minimum atomic E-state index is -3.86. The van der Waals surface area contributed by atoms with Gasteiger partial charge in [-0.1, -0.05) is 38.7 Å². The molecule has 0 aliphatic carbocycles. The summed E-state index contributed by atoms with van der Waals surface area (Å²) in [7, 11) is -1.86. The highest BCUT2D eigenvalue weighted by Crippen LogP contribution is 2.34. The lowest BCUT2D eigenvalue weighted by Gasteiger charge is -2.37. The molecule has 1 aromatic heterocycles. The molecule has 7 nitrogen and oxygen atoms in total. The van der Waals surface area contributed by atoms with Crippen LogP contribution in [0.15, 0.2) is 47.5 Å². The molecule has 1 N–H and O–H groups in total. The van der Waals surface area contributed by atoms with Gasteiger partial charge < -0.3 is 9.84 Å². The molecule has 184 valence electrons. The number of likely N-dealkylation sites (N-methyl/N-ethyl adjacent to an activating group) is 1. The summed E-state index contributed by atoms with van der Waals surface area (Å²) in [4.78, 5) is 6.63. The average molecular weight is 486 g/mol. The van der Waals surface area contributed by atoms with E-state index in [-0.39, 0.29) is 36.0 Å². The van der Waals surface area contributed by atoms with Crippen LogP contribution in [0.1, 0.15) is 39.0 Å². The van der Waals surface area contributed by atoms with E-state index in [0.717, 1.165) is 5.69 Å². The Kier molecular flexibility index (Phi) is 8.72. The summed E-state index contributed by atoms with van der Waals surface area (Å²) < 4.78 is 34.9. The van der Waals surface area contributed by atoms with Crippen molar-refractivity contribution in [2.24, 2.45) is 11.8 Å². The minimum absolute atomic E-state index is 0.104. The second-order valence-corrected chi connectivity index (χ2v) is 11.2. The molecular formula is C26H35N3O4S. The largest absolute Gasteiger partial charge is 0.487 e. The summed E-state index contributed by atoms with van der Waals surface area (Å²) in [5, 5.41) is 9.79. The van der Waals surface area contributed by atoms with Crippen molar-refractivity contribution in [1.82, 2.24) is 14.2 Å². The fourth-order valence-electron chi connectivity index (χ4n) is 3.89. The molecule has 3 rings (SSSR count). The molecule has 0 radical (unpaired) electrons. The van der Waals surface area contributed by atoms with E-state index in [4.69, 9.17) is 4.74 Å². The van der Waals surface area contributed by atoms with Gasteiger partial charge in [-0.2, -0.15) is 4.31 Å². The van der Waals surface area contributed by atoms with Gasteiger partial charge in [0.1, 0.15) is 16.7 Å². The van der Waals surface area contributed by atoms with Crippen molar-refractivity contribution in [2.45, 2.75) is 51.3 Å². The van der Waals surface area contributed by atoms with Gasteiger partial charge in [-0.15, -0.1) is 0 Å². The van der Waals surface area contributed by atoms with E-state index in [2.05, 4.69) is 21.7 Å². The Morgan fingerprint density at radius 2 is 2.03 bits per heavy atom. The Balaban J connectivity index is 1.99. The molecule has 1 aliphatic rings. The van der Waals surface area contributed by atoms with Gasteiger partial charge in [0.05, 0.1) is 12.3 Å². The van der Waals surface area contributed by atoms with Crippen LogP contribution in [0.4, 0.5) is 0 Å². The monoisotopic (exact) mass is 485 g/mol. The first kappa shape index (κ1) is 26.2. The lowest BCUT2D eigenvalue weighted by molar-refractivity contribution is 0.0730. The number of rotatable bonds is 6. The number of benzene rings is 1. The van der Waals surface area contributed by atoms with Gasteiger partial charge in [0, 0.05) is 49.3 Å². The molecule has 0 saturated heterocycles. The molecule has 0 fully saturated rings. The Morgan fingerprint density at radius 3 is 2.68 bits per heavy atom. The van der Waals surface area contributed by atoms with Crippen LogP contribution in [-0.2, 0) is 16.6 Å². The smallest absolute Gasteiger partial charge is 0.247 e. The molecule has 0 amide bonds. The maximum absolute atomic E-state index is 13.6. The number of sulfonamides is 1. The maximum atomic E-state index is 13.6. The zero-order valence-corrected chi connectivity index (χ0v) is 21.4. The summed E-state index contributed by atoms with van der Waals surface area (Å²) >= 11 is 0. The van der Waals surface area contributed by atoms with Gasteiger partial charge in [-0.05, 0) is 44.3 Å². The van der Waals surface area contributed by atoms with Crippen LogP contribution in [0.5, 0.6) is 5.75 Å². The summed E-state index contributed by atoms with van der Waals surface area (Å²) in [6.45, 7) is 8.94. The molecule has 0 bridgehead atoms. The third-order valence-electron chi connectivity index (χ3n) is 5.82. The van der Waals surface area contributed by atoms with E-state index in [1.807, 2.05) is 46.0 Å². The lowest BCUT2D eigenvalue weighted by Crippen LogP contribution is -2.49. The predicted molar refractivity (Wildman–Crippen MR) is 133 cm³/mol. The van der Waals surface area contributed by atoms with Crippen LogP contribution in [0.3, 0.4) is 0 Å². The van der Waals surface area contributed by atoms with Crippen LogP contribution < -0.4 is 4.74 Å². The van der Waals surface area contributed by atoms with Crippen LogP contribution in [0.25, 0.3) is 0 Å². The first-order valence-electron chi connectivity index (χ1n) is 11.6. The molecule has 1 aromatic carbocycles. The number of hydrogen-bond acceptors (Lipinski definition) is 6. The van der Waals surface area contributed by atoms with Crippen molar-refractivity contribution in [2.75, 3.05) is 26.7 Å². The number of aromatic nitrogens is 1. The van der Waals surface area contributed by atoms with Crippen molar-refractivity contribution in [1.29, 1.82) is 0 Å². The van der Waals surface area contributed by atoms with Gasteiger partial charge in [0.2, 0.25) is 10.0 Å². The number of ether oxygens (including phenoxy) is 1. The van der Waals surface area contributed by atoms with E-state index < -0.39 is 16.1 Å². The van der Waals surface area contributed by atoms with Crippen molar-refractivity contribution >= 4 is 10.0 Å². The Morgan fingerprint density at radius 1 is 1.26 bits per heavy atom. The van der Waals surface area contributed by atoms with Crippen molar-refractivity contribution < 1.29 is 18.3 Å². The number of nitrogens with zero attached hydrogens (tertiary/aromatic N) is 3. The highest BCUT2D eigenvalue weighted by Gasteiger charge is 2.38. The molecule has 0 saturated carbocycles. The molecule has 2 aromatic rings. The zero-order valence-electron chi connectivity index (χ0n) is 20.6. The van der Waals surface area contributed by atoms with Gasteiger partial charge in [-0.3, -0.25) is 9.88 Å². The number of pyridine rings is 1. The summed E-state index contributed by atoms with van der Waals surface area (Å²) in [5.41, 5.74) is 1.66. The van der Waals surface area contributed by atoms with E-state index in [1.165, 1.54) is 4.31 Å². The van der Waals surface area contributed by atoms with Crippen LogP contribution in [-0.4, -0.2) is 66.6 Å². The molecule has 0 spiro atoms. The maximum Gasteiger partial charge on any atom is 0.247 e. The van der Waals surface area contributed by atoms with Crippen LogP contribution in [0.2, 0.25) is 0 Å². The Hall–Kier alpha value is -2.44. The quantitative estimate of drug-likeness (QED) is 0.634. The van der Waals surface area contributed by atoms with E-state index >= 15 is 0 Å². The lowest BCUT2D eigenvalue weighted by atomic mass is 10.0. The number of hydrogen-bond donors (Lipinski definition) is 1. The first-order chi connectivity index (χ1) is 16.1. The standard InChI is InChI=1S/C26H35N3O4S/c1-19(2)9-10-22-11-12-26-24(14-22)33-25(17-28(5)16-23-8-6-7-13-27-23)20(3)15-29(21(4)18-30)34(26,31)32/h6-8,11-14,19-21,25,30H,15-18H2,1-5H3/t20-,21+,25+/m1/s1. The van der Waals surface area contributed by atoms with Gasteiger partial charge in [0.15, 0.2) is 0 Å². The third kappa shape index (κ3) is 6.36. The summed E-state index contributed by atoms with van der Waals surface area (Å²) in [6.07, 6.45) is 1.50. The molecule has 34 heavy (non-hydrogen) atoms.